The second-order valence-corrected chi connectivity index (χ2v) is 8.53. The van der Waals surface area contributed by atoms with Gasteiger partial charge >= 0.3 is 0 Å². The Bertz CT molecular complexity index is 757. The van der Waals surface area contributed by atoms with Gasteiger partial charge in [-0.3, -0.25) is 9.30 Å². The lowest BCUT2D eigenvalue weighted by Gasteiger charge is -2.41. The first-order valence-electron chi connectivity index (χ1n) is 6.65. The van der Waals surface area contributed by atoms with Crippen LogP contribution in [0.15, 0.2) is 16.6 Å². The highest BCUT2D eigenvalue weighted by atomic mass is 35.5. The summed E-state index contributed by atoms with van der Waals surface area (Å²) in [5.41, 5.74) is 0. The maximum absolute atomic E-state index is 12.9. The van der Waals surface area contributed by atoms with Gasteiger partial charge in [0.15, 0.2) is 15.1 Å². The average Bonchev–Trinajstić information content (AvgIpc) is 2.94. The largest absolute Gasteiger partial charge is 0.298 e. The Kier molecular flexibility index (Phi) is 3.77. The van der Waals surface area contributed by atoms with Crippen molar-refractivity contribution in [2.45, 2.75) is 31.0 Å². The standard InChI is InChI=1S/C12H17ClN4O2S2/c1-8-6-16(7-9(2)15(8)3)21(18,19)11-10(13)14-12-17(11)4-5-20-12/h4-5,8-9H,6-7H2,1-3H3. The van der Waals surface area contributed by atoms with Gasteiger partial charge < -0.3 is 0 Å². The van der Waals surface area contributed by atoms with Crippen LogP contribution in [0.25, 0.3) is 4.96 Å². The predicted octanol–water partition coefficient (Wildman–Crippen LogP) is 1.76. The normalized spacial score (nSPS) is 25.7. The second kappa shape index (κ2) is 5.20. The molecular formula is C12H17ClN4O2S2. The van der Waals surface area contributed by atoms with Gasteiger partial charge in [0.25, 0.3) is 10.0 Å². The van der Waals surface area contributed by atoms with Gasteiger partial charge in [0.1, 0.15) is 0 Å². The summed E-state index contributed by atoms with van der Waals surface area (Å²) in [5, 5.41) is 1.91. The number of hydrogen-bond donors (Lipinski definition) is 0. The molecule has 0 aliphatic carbocycles. The molecule has 116 valence electrons. The fraction of sp³-hybridized carbons (Fsp3) is 0.583. The van der Waals surface area contributed by atoms with Crippen molar-refractivity contribution >= 4 is 37.9 Å². The SMILES string of the molecule is CC1CN(S(=O)(=O)c2c(Cl)nc3sccn23)CC(C)N1C. The summed E-state index contributed by atoms with van der Waals surface area (Å²) in [7, 11) is -1.64. The van der Waals surface area contributed by atoms with Crippen LogP contribution >= 0.6 is 22.9 Å². The number of nitrogens with zero attached hydrogens (tertiary/aromatic N) is 4. The van der Waals surface area contributed by atoms with Crippen LogP contribution in [0.4, 0.5) is 0 Å². The van der Waals surface area contributed by atoms with E-state index in [2.05, 4.69) is 9.88 Å². The maximum Gasteiger partial charge on any atom is 0.262 e. The third-order valence-electron chi connectivity index (χ3n) is 4.09. The van der Waals surface area contributed by atoms with Crippen LogP contribution < -0.4 is 0 Å². The predicted molar refractivity (Wildman–Crippen MR) is 83.5 cm³/mol. The van der Waals surface area contributed by atoms with E-state index < -0.39 is 10.0 Å². The van der Waals surface area contributed by atoms with Crippen molar-refractivity contribution in [3.05, 3.63) is 16.7 Å². The zero-order chi connectivity index (χ0) is 15.4. The van der Waals surface area contributed by atoms with E-state index in [-0.39, 0.29) is 22.3 Å². The molecule has 1 saturated heterocycles. The Morgan fingerprint density at radius 1 is 1.33 bits per heavy atom. The summed E-state index contributed by atoms with van der Waals surface area (Å²) in [6.07, 6.45) is 1.69. The molecule has 0 radical (unpaired) electrons. The molecule has 0 saturated carbocycles. The van der Waals surface area contributed by atoms with Crippen molar-refractivity contribution in [1.29, 1.82) is 0 Å². The van der Waals surface area contributed by atoms with Crippen LogP contribution in [0.3, 0.4) is 0 Å². The maximum atomic E-state index is 12.9. The summed E-state index contributed by atoms with van der Waals surface area (Å²) < 4.78 is 29.0. The molecule has 0 N–H and O–H groups in total. The number of thiazole rings is 1. The fourth-order valence-corrected chi connectivity index (χ4v) is 5.65. The van der Waals surface area contributed by atoms with Gasteiger partial charge in [0.2, 0.25) is 0 Å². The third-order valence-corrected chi connectivity index (χ3v) is 7.08. The Hall–Kier alpha value is -0.670. The second-order valence-electron chi connectivity index (χ2n) is 5.45. The summed E-state index contributed by atoms with van der Waals surface area (Å²) >= 11 is 7.44. The van der Waals surface area contributed by atoms with E-state index in [9.17, 15) is 8.42 Å². The molecule has 1 aliphatic heterocycles. The molecule has 9 heteroatoms. The molecule has 2 atom stereocenters. The van der Waals surface area contributed by atoms with Crippen LogP contribution in [0, 0.1) is 0 Å². The quantitative estimate of drug-likeness (QED) is 0.829. The zero-order valence-corrected chi connectivity index (χ0v) is 14.4. The Morgan fingerprint density at radius 3 is 2.57 bits per heavy atom. The number of sulfonamides is 1. The molecule has 0 spiro atoms. The topological polar surface area (TPSA) is 57.9 Å². The lowest BCUT2D eigenvalue weighted by molar-refractivity contribution is 0.105. The molecule has 1 fully saturated rings. The van der Waals surface area contributed by atoms with E-state index in [4.69, 9.17) is 11.6 Å². The summed E-state index contributed by atoms with van der Waals surface area (Å²) in [4.78, 5) is 6.89. The zero-order valence-electron chi connectivity index (χ0n) is 12.0. The monoisotopic (exact) mass is 348 g/mol. The highest BCUT2D eigenvalue weighted by Crippen LogP contribution is 2.29. The van der Waals surface area contributed by atoms with E-state index in [0.29, 0.717) is 18.1 Å². The minimum Gasteiger partial charge on any atom is -0.298 e. The first-order valence-corrected chi connectivity index (χ1v) is 9.35. The van der Waals surface area contributed by atoms with Gasteiger partial charge in [-0.05, 0) is 20.9 Å². The average molecular weight is 349 g/mol. The minimum atomic E-state index is -3.65. The lowest BCUT2D eigenvalue weighted by atomic mass is 10.1. The van der Waals surface area contributed by atoms with Gasteiger partial charge in [0.05, 0.1) is 0 Å². The van der Waals surface area contributed by atoms with Crippen LogP contribution in [0.1, 0.15) is 13.8 Å². The number of rotatable bonds is 2. The highest BCUT2D eigenvalue weighted by Gasteiger charge is 2.37. The first kappa shape index (κ1) is 15.2. The summed E-state index contributed by atoms with van der Waals surface area (Å²) in [5.74, 6) is 0. The molecule has 0 aromatic carbocycles. The van der Waals surface area contributed by atoms with Crippen molar-refractivity contribution < 1.29 is 8.42 Å². The molecule has 0 amide bonds. The molecule has 2 aromatic heterocycles. The molecule has 2 aromatic rings. The summed E-state index contributed by atoms with van der Waals surface area (Å²) in [6, 6.07) is 0.321. The van der Waals surface area contributed by atoms with Gasteiger partial charge in [-0.1, -0.05) is 11.6 Å². The first-order chi connectivity index (χ1) is 9.82. The third kappa shape index (κ3) is 2.39. The molecule has 3 rings (SSSR count). The van der Waals surface area contributed by atoms with E-state index in [1.807, 2.05) is 20.9 Å². The smallest absolute Gasteiger partial charge is 0.262 e. The van der Waals surface area contributed by atoms with Crippen molar-refractivity contribution in [2.75, 3.05) is 20.1 Å². The minimum absolute atomic E-state index is 0.0427. The number of piperazine rings is 1. The number of hydrogen-bond acceptors (Lipinski definition) is 5. The number of likely N-dealkylation sites (N-methyl/N-ethyl adjacent to an activating group) is 1. The van der Waals surface area contributed by atoms with Crippen molar-refractivity contribution in [2.24, 2.45) is 0 Å². The van der Waals surface area contributed by atoms with Crippen molar-refractivity contribution in [3.63, 3.8) is 0 Å². The van der Waals surface area contributed by atoms with Crippen LogP contribution in [-0.2, 0) is 10.0 Å². The van der Waals surface area contributed by atoms with Crippen molar-refractivity contribution in [1.82, 2.24) is 18.6 Å². The Labute approximate surface area is 133 Å². The van der Waals surface area contributed by atoms with Crippen molar-refractivity contribution in [3.8, 4) is 0 Å². The highest BCUT2D eigenvalue weighted by molar-refractivity contribution is 7.89. The van der Waals surface area contributed by atoms with E-state index in [1.165, 1.54) is 15.6 Å². The Morgan fingerprint density at radius 2 is 1.95 bits per heavy atom. The van der Waals surface area contributed by atoms with Gasteiger partial charge in [-0.2, -0.15) is 4.31 Å². The molecule has 3 heterocycles. The molecular weight excluding hydrogens is 332 g/mol. The molecule has 1 aliphatic rings. The van der Waals surface area contributed by atoms with Crippen LogP contribution in [0.5, 0.6) is 0 Å². The number of fused-ring (bicyclic) bond motifs is 1. The number of aromatic nitrogens is 2. The van der Waals surface area contributed by atoms with Gasteiger partial charge in [-0.25, -0.2) is 13.4 Å². The van der Waals surface area contributed by atoms with Crippen LogP contribution in [-0.4, -0.2) is 59.2 Å². The van der Waals surface area contributed by atoms with E-state index in [1.54, 1.807) is 16.0 Å². The molecule has 0 bridgehead atoms. The van der Waals surface area contributed by atoms with E-state index in [0.717, 1.165) is 0 Å². The van der Waals surface area contributed by atoms with Crippen LogP contribution in [0.2, 0.25) is 5.15 Å². The molecule has 2 unspecified atom stereocenters. The number of halogens is 1. The van der Waals surface area contributed by atoms with Gasteiger partial charge in [-0.15, -0.1) is 11.3 Å². The lowest BCUT2D eigenvalue weighted by Crippen LogP contribution is -2.56. The summed E-state index contributed by atoms with van der Waals surface area (Å²) in [6.45, 7) is 4.96. The Balaban J connectivity index is 2.04. The fourth-order valence-electron chi connectivity index (χ4n) is 2.64. The molecule has 6 nitrogen and oxygen atoms in total. The molecule has 21 heavy (non-hydrogen) atoms. The number of imidazole rings is 1. The van der Waals surface area contributed by atoms with Gasteiger partial charge in [0, 0.05) is 36.8 Å². The van der Waals surface area contributed by atoms with E-state index >= 15 is 0 Å².